The van der Waals surface area contributed by atoms with E-state index in [4.69, 9.17) is 13.7 Å². The lowest BCUT2D eigenvalue weighted by molar-refractivity contribution is -0.138. The number of carbonyl (C=O) groups is 1. The van der Waals surface area contributed by atoms with Crippen molar-refractivity contribution in [3.05, 3.63) is 95.1 Å². The van der Waals surface area contributed by atoms with Crippen molar-refractivity contribution in [2.24, 2.45) is 0 Å². The molecule has 0 fully saturated rings. The van der Waals surface area contributed by atoms with Gasteiger partial charge in [-0.3, -0.25) is 4.79 Å². The summed E-state index contributed by atoms with van der Waals surface area (Å²) < 4.78 is 54.8. The van der Waals surface area contributed by atoms with Gasteiger partial charge < -0.3 is 18.8 Å². The van der Waals surface area contributed by atoms with E-state index in [1.54, 1.807) is 43.3 Å². The number of benzene rings is 2. The summed E-state index contributed by atoms with van der Waals surface area (Å²) in [5, 5.41) is 13.1. The molecule has 35 heavy (non-hydrogen) atoms. The van der Waals surface area contributed by atoms with Gasteiger partial charge in [0.05, 0.1) is 24.3 Å². The van der Waals surface area contributed by atoms with Crippen molar-refractivity contribution >= 4 is 5.97 Å². The fourth-order valence-electron chi connectivity index (χ4n) is 3.78. The first-order valence-electron chi connectivity index (χ1n) is 10.8. The highest BCUT2D eigenvalue weighted by molar-refractivity contribution is 5.69. The number of halogens is 3. The number of furan rings is 1. The highest BCUT2D eigenvalue weighted by atomic mass is 19.4. The zero-order chi connectivity index (χ0) is 25.0. The van der Waals surface area contributed by atoms with E-state index in [0.29, 0.717) is 41.6 Å². The van der Waals surface area contributed by atoms with Gasteiger partial charge in [0.15, 0.2) is 0 Å². The summed E-state index contributed by atoms with van der Waals surface area (Å²) in [5.74, 6) is 0.407. The lowest BCUT2D eigenvalue weighted by atomic mass is 9.92. The predicted octanol–water partition coefficient (Wildman–Crippen LogP) is 6.49. The van der Waals surface area contributed by atoms with Crippen molar-refractivity contribution in [1.82, 2.24) is 5.16 Å². The molecule has 0 amide bonds. The number of rotatable bonds is 9. The van der Waals surface area contributed by atoms with Crippen LogP contribution in [0.15, 0.2) is 75.9 Å². The van der Waals surface area contributed by atoms with Crippen molar-refractivity contribution in [3.63, 3.8) is 0 Å². The van der Waals surface area contributed by atoms with Gasteiger partial charge >= 0.3 is 12.1 Å². The van der Waals surface area contributed by atoms with Gasteiger partial charge in [-0.05, 0) is 48.4 Å². The molecule has 182 valence electrons. The van der Waals surface area contributed by atoms with E-state index in [1.807, 2.05) is 0 Å². The Balaban J connectivity index is 1.37. The second kappa shape index (κ2) is 10.1. The van der Waals surface area contributed by atoms with Gasteiger partial charge in [0.25, 0.3) is 0 Å². The Kier molecular flexibility index (Phi) is 6.95. The molecule has 4 rings (SSSR count). The van der Waals surface area contributed by atoms with Crippen molar-refractivity contribution < 1.29 is 36.7 Å². The molecule has 1 atom stereocenters. The van der Waals surface area contributed by atoms with E-state index in [1.165, 1.54) is 18.4 Å². The van der Waals surface area contributed by atoms with Gasteiger partial charge in [-0.15, -0.1) is 0 Å². The zero-order valence-corrected chi connectivity index (χ0v) is 18.7. The lowest BCUT2D eigenvalue weighted by Gasteiger charge is -2.13. The summed E-state index contributed by atoms with van der Waals surface area (Å²) in [4.78, 5) is 11.3. The molecule has 0 spiro atoms. The summed E-state index contributed by atoms with van der Waals surface area (Å²) >= 11 is 0. The third kappa shape index (κ3) is 5.92. The van der Waals surface area contributed by atoms with E-state index in [2.05, 4.69) is 5.16 Å². The van der Waals surface area contributed by atoms with Gasteiger partial charge in [-0.1, -0.05) is 29.4 Å². The van der Waals surface area contributed by atoms with Gasteiger partial charge in [0, 0.05) is 24.0 Å². The topological polar surface area (TPSA) is 85.7 Å². The van der Waals surface area contributed by atoms with Crippen LogP contribution in [0.2, 0.25) is 0 Å². The number of carboxylic acids is 1. The van der Waals surface area contributed by atoms with Crippen molar-refractivity contribution in [3.8, 4) is 17.1 Å². The van der Waals surface area contributed by atoms with Gasteiger partial charge in [-0.25, -0.2) is 0 Å². The lowest BCUT2D eigenvalue weighted by Crippen LogP contribution is -2.08. The van der Waals surface area contributed by atoms with Gasteiger partial charge in [0.1, 0.15) is 23.5 Å². The SMILES string of the molecule is Cc1oc(-c2ccc(C(F)(F)F)cc2)cc1CCOc1ccc([C@H](CC(=O)O)c2ccon2)cc1. The predicted molar refractivity (Wildman–Crippen MR) is 120 cm³/mol. The maximum Gasteiger partial charge on any atom is 0.416 e. The number of aromatic nitrogens is 1. The Bertz CT molecular complexity index is 1260. The van der Waals surface area contributed by atoms with Crippen LogP contribution in [0.1, 0.15) is 40.5 Å². The first-order valence-corrected chi connectivity index (χ1v) is 10.8. The van der Waals surface area contributed by atoms with Crippen molar-refractivity contribution in [1.29, 1.82) is 0 Å². The molecule has 4 aromatic rings. The summed E-state index contributed by atoms with van der Waals surface area (Å²) in [6.45, 7) is 2.15. The maximum atomic E-state index is 12.8. The number of hydrogen-bond donors (Lipinski definition) is 1. The van der Waals surface area contributed by atoms with Crippen LogP contribution in [0, 0.1) is 6.92 Å². The molecule has 0 aliphatic heterocycles. The molecule has 6 nitrogen and oxygen atoms in total. The molecule has 0 saturated carbocycles. The Morgan fingerprint density at radius 1 is 1.09 bits per heavy atom. The van der Waals surface area contributed by atoms with Crippen molar-refractivity contribution in [2.75, 3.05) is 6.61 Å². The van der Waals surface area contributed by atoms with Crippen LogP contribution in [-0.2, 0) is 17.4 Å². The van der Waals surface area contributed by atoms with E-state index in [-0.39, 0.29) is 6.42 Å². The molecule has 2 aromatic heterocycles. The van der Waals surface area contributed by atoms with E-state index < -0.39 is 23.6 Å². The quantitative estimate of drug-likeness (QED) is 0.292. The van der Waals surface area contributed by atoms with Crippen LogP contribution in [-0.4, -0.2) is 22.8 Å². The van der Waals surface area contributed by atoms with Crippen LogP contribution < -0.4 is 4.74 Å². The summed E-state index contributed by atoms with van der Waals surface area (Å²) in [6.07, 6.45) is -2.56. The second-order valence-electron chi connectivity index (χ2n) is 8.01. The first-order chi connectivity index (χ1) is 16.7. The summed E-state index contributed by atoms with van der Waals surface area (Å²) in [5.41, 5.74) is 2.07. The van der Waals surface area contributed by atoms with Crippen LogP contribution in [0.25, 0.3) is 11.3 Å². The molecule has 0 aliphatic rings. The van der Waals surface area contributed by atoms with Gasteiger partial charge in [0.2, 0.25) is 0 Å². The number of aliphatic carboxylic acids is 1. The third-order valence-corrected chi connectivity index (χ3v) is 5.63. The first kappa shape index (κ1) is 24.1. The molecular formula is C26H22F3NO5. The minimum Gasteiger partial charge on any atom is -0.493 e. The molecule has 1 N–H and O–H groups in total. The average molecular weight is 485 g/mol. The number of carboxylic acid groups (broad SMARTS) is 1. The summed E-state index contributed by atoms with van der Waals surface area (Å²) in [7, 11) is 0. The minimum absolute atomic E-state index is 0.117. The summed E-state index contributed by atoms with van der Waals surface area (Å²) in [6, 6.07) is 15.4. The highest BCUT2D eigenvalue weighted by Gasteiger charge is 2.30. The Morgan fingerprint density at radius 2 is 1.80 bits per heavy atom. The number of aryl methyl sites for hydroxylation is 1. The van der Waals surface area contributed by atoms with Crippen molar-refractivity contribution in [2.45, 2.75) is 31.9 Å². The molecule has 2 aromatic carbocycles. The normalized spacial score (nSPS) is 12.5. The monoisotopic (exact) mass is 485 g/mol. The number of alkyl halides is 3. The molecule has 0 bridgehead atoms. The largest absolute Gasteiger partial charge is 0.493 e. The van der Waals surface area contributed by atoms with Gasteiger partial charge in [-0.2, -0.15) is 13.2 Å². The Morgan fingerprint density at radius 3 is 2.40 bits per heavy atom. The second-order valence-corrected chi connectivity index (χ2v) is 8.01. The molecule has 0 radical (unpaired) electrons. The molecule has 0 aliphatic carbocycles. The van der Waals surface area contributed by atoms with E-state index in [9.17, 15) is 23.1 Å². The fourth-order valence-corrected chi connectivity index (χ4v) is 3.78. The highest BCUT2D eigenvalue weighted by Crippen LogP contribution is 2.32. The minimum atomic E-state index is -4.38. The number of nitrogens with zero attached hydrogens (tertiary/aromatic N) is 1. The van der Waals surface area contributed by atoms with Crippen LogP contribution in [0.3, 0.4) is 0 Å². The third-order valence-electron chi connectivity index (χ3n) is 5.63. The Hall–Kier alpha value is -4.01. The number of ether oxygens (including phenoxy) is 1. The standard InChI is InChI=1S/C26H22F3NO5/c1-16-19(14-24(35-16)18-2-6-20(7-3-18)26(27,28)29)10-12-33-21-8-4-17(5-9-21)22(15-25(31)32)23-11-13-34-30-23/h2-9,11,13-14,22H,10,12,15H2,1H3,(H,31,32)/t22-/m0/s1. The Labute approximate surface area is 198 Å². The molecule has 0 saturated heterocycles. The van der Waals surface area contributed by atoms with Crippen LogP contribution >= 0.6 is 0 Å². The van der Waals surface area contributed by atoms with Crippen LogP contribution in [0.5, 0.6) is 5.75 Å². The van der Waals surface area contributed by atoms with E-state index in [0.717, 1.165) is 23.3 Å². The molecule has 0 unspecified atom stereocenters. The molecule has 9 heteroatoms. The number of hydrogen-bond acceptors (Lipinski definition) is 5. The average Bonchev–Trinajstić information content (AvgIpc) is 3.48. The smallest absolute Gasteiger partial charge is 0.416 e. The van der Waals surface area contributed by atoms with E-state index >= 15 is 0 Å². The van der Waals surface area contributed by atoms with Crippen LogP contribution in [0.4, 0.5) is 13.2 Å². The fraction of sp³-hybridized carbons (Fsp3) is 0.231. The maximum absolute atomic E-state index is 12.8. The molecule has 2 heterocycles. The molecular weight excluding hydrogens is 463 g/mol. The zero-order valence-electron chi connectivity index (χ0n) is 18.7.